The van der Waals surface area contributed by atoms with Gasteiger partial charge in [0.15, 0.2) is 0 Å². The second-order valence-electron chi connectivity index (χ2n) is 5.59. The van der Waals surface area contributed by atoms with Crippen molar-refractivity contribution in [1.82, 2.24) is 0 Å². The maximum atomic E-state index is 11.5. The smallest absolute Gasteiger partial charge is 0.331 e. The highest BCUT2D eigenvalue weighted by Gasteiger charge is 2.26. The first kappa shape index (κ1) is 14.8. The lowest BCUT2D eigenvalue weighted by Crippen LogP contribution is -2.11. The highest BCUT2D eigenvalue weighted by atomic mass is 16.5. The predicted octanol–water partition coefficient (Wildman–Crippen LogP) is 4.66. The molecular weight excluding hydrogens is 248 g/mol. The lowest BCUT2D eigenvalue weighted by atomic mass is 9.96. The molecule has 20 heavy (non-hydrogen) atoms. The van der Waals surface area contributed by atoms with Crippen LogP contribution in [0.1, 0.15) is 56.6 Å². The van der Waals surface area contributed by atoms with E-state index < -0.39 is 0 Å². The quantitative estimate of drug-likeness (QED) is 0.533. The van der Waals surface area contributed by atoms with Crippen LogP contribution >= 0.6 is 0 Å². The van der Waals surface area contributed by atoms with Crippen molar-refractivity contribution in [3.63, 3.8) is 0 Å². The number of benzene rings is 1. The fraction of sp³-hybridized carbons (Fsp3) is 0.500. The van der Waals surface area contributed by atoms with Crippen LogP contribution < -0.4 is 0 Å². The molecule has 1 heterocycles. The minimum absolute atomic E-state index is 0.0492. The fourth-order valence-electron chi connectivity index (χ4n) is 2.62. The molecule has 0 unspecified atom stereocenters. The van der Waals surface area contributed by atoms with Crippen LogP contribution in [0.4, 0.5) is 0 Å². The minimum atomic E-state index is -0.195. The molecule has 1 aromatic carbocycles. The van der Waals surface area contributed by atoms with Gasteiger partial charge in [0.25, 0.3) is 0 Å². The van der Waals surface area contributed by atoms with Crippen molar-refractivity contribution in [2.24, 2.45) is 0 Å². The van der Waals surface area contributed by atoms with Crippen LogP contribution in [0.25, 0.3) is 5.57 Å². The summed E-state index contributed by atoms with van der Waals surface area (Å²) in [5.74, 6) is -0.195. The standard InChI is InChI=1S/C18H24O2/c1-3-4-5-6-7-8-17-16(13-18(19)20-17)15-11-9-14(2)10-12-15/h9-13,17H,3-8H2,1-2H3/t17-/m0/s1. The maximum absolute atomic E-state index is 11.5. The molecular formula is C18H24O2. The molecule has 1 atom stereocenters. The van der Waals surface area contributed by atoms with Crippen molar-refractivity contribution in [3.05, 3.63) is 41.5 Å². The summed E-state index contributed by atoms with van der Waals surface area (Å²) >= 11 is 0. The Morgan fingerprint density at radius 1 is 1.05 bits per heavy atom. The lowest BCUT2D eigenvalue weighted by Gasteiger charge is -2.14. The monoisotopic (exact) mass is 272 g/mol. The third kappa shape index (κ3) is 3.96. The molecule has 0 saturated heterocycles. The molecule has 0 radical (unpaired) electrons. The SMILES string of the molecule is CCCCCCC[C@@H]1OC(=O)C=C1c1ccc(C)cc1. The zero-order chi connectivity index (χ0) is 14.4. The van der Waals surface area contributed by atoms with Crippen molar-refractivity contribution in [1.29, 1.82) is 0 Å². The highest BCUT2D eigenvalue weighted by molar-refractivity contribution is 5.97. The van der Waals surface area contributed by atoms with E-state index in [1.54, 1.807) is 6.08 Å². The molecule has 0 bridgehead atoms. The molecule has 2 nitrogen and oxygen atoms in total. The third-order valence-corrected chi connectivity index (χ3v) is 3.83. The molecule has 108 valence electrons. The van der Waals surface area contributed by atoms with Crippen LogP contribution in [0.3, 0.4) is 0 Å². The second kappa shape index (κ2) is 7.28. The number of hydrogen-bond donors (Lipinski definition) is 0. The summed E-state index contributed by atoms with van der Waals surface area (Å²) in [5.41, 5.74) is 3.39. The Morgan fingerprint density at radius 3 is 2.45 bits per heavy atom. The van der Waals surface area contributed by atoms with Crippen LogP contribution in [-0.4, -0.2) is 12.1 Å². The maximum Gasteiger partial charge on any atom is 0.331 e. The normalized spacial score (nSPS) is 18.0. The summed E-state index contributed by atoms with van der Waals surface area (Å²) in [6.07, 6.45) is 8.73. The average Bonchev–Trinajstić information content (AvgIpc) is 2.80. The largest absolute Gasteiger partial charge is 0.454 e. The van der Waals surface area contributed by atoms with E-state index in [0.29, 0.717) is 0 Å². The van der Waals surface area contributed by atoms with E-state index in [-0.39, 0.29) is 12.1 Å². The first-order chi connectivity index (χ1) is 9.70. The first-order valence-corrected chi connectivity index (χ1v) is 7.70. The molecule has 1 aliphatic heterocycles. The van der Waals surface area contributed by atoms with Gasteiger partial charge in [0, 0.05) is 11.6 Å². The summed E-state index contributed by atoms with van der Waals surface area (Å²) in [6, 6.07) is 8.31. The van der Waals surface area contributed by atoms with E-state index in [0.717, 1.165) is 24.0 Å². The van der Waals surface area contributed by atoms with Crippen molar-refractivity contribution >= 4 is 11.5 Å². The Morgan fingerprint density at radius 2 is 1.75 bits per heavy atom. The van der Waals surface area contributed by atoms with E-state index in [9.17, 15) is 4.79 Å². The van der Waals surface area contributed by atoms with Gasteiger partial charge in [-0.2, -0.15) is 0 Å². The number of ether oxygens (including phenoxy) is 1. The third-order valence-electron chi connectivity index (χ3n) is 3.83. The summed E-state index contributed by atoms with van der Waals surface area (Å²) in [4.78, 5) is 11.5. The number of rotatable bonds is 7. The number of carbonyl (C=O) groups is 1. The summed E-state index contributed by atoms with van der Waals surface area (Å²) in [7, 11) is 0. The number of esters is 1. The number of carbonyl (C=O) groups excluding carboxylic acids is 1. The van der Waals surface area contributed by atoms with Gasteiger partial charge < -0.3 is 4.74 Å². The summed E-state index contributed by atoms with van der Waals surface area (Å²) in [5, 5.41) is 0. The molecule has 1 aromatic rings. The molecule has 2 heteroatoms. The van der Waals surface area contributed by atoms with Gasteiger partial charge in [0.05, 0.1) is 0 Å². The molecule has 0 N–H and O–H groups in total. The van der Waals surface area contributed by atoms with Gasteiger partial charge in [-0.25, -0.2) is 4.79 Å². The molecule has 0 aromatic heterocycles. The van der Waals surface area contributed by atoms with Gasteiger partial charge >= 0.3 is 5.97 Å². The summed E-state index contributed by atoms with van der Waals surface area (Å²) < 4.78 is 5.43. The predicted molar refractivity (Wildman–Crippen MR) is 82.4 cm³/mol. The second-order valence-corrected chi connectivity index (χ2v) is 5.59. The summed E-state index contributed by atoms with van der Waals surface area (Å²) in [6.45, 7) is 4.29. The molecule has 0 amide bonds. The van der Waals surface area contributed by atoms with Gasteiger partial charge in [0.1, 0.15) is 6.10 Å². The van der Waals surface area contributed by atoms with E-state index in [2.05, 4.69) is 38.1 Å². The zero-order valence-corrected chi connectivity index (χ0v) is 12.5. The Kier molecular flexibility index (Phi) is 5.40. The van der Waals surface area contributed by atoms with E-state index >= 15 is 0 Å². The van der Waals surface area contributed by atoms with Gasteiger partial charge in [0.2, 0.25) is 0 Å². The van der Waals surface area contributed by atoms with E-state index in [1.807, 2.05) is 0 Å². The lowest BCUT2D eigenvalue weighted by molar-refractivity contribution is -0.138. The Hall–Kier alpha value is -1.57. The van der Waals surface area contributed by atoms with Crippen molar-refractivity contribution < 1.29 is 9.53 Å². The number of unbranched alkanes of at least 4 members (excludes halogenated alkanes) is 4. The Labute approximate surface area is 121 Å². The van der Waals surface area contributed by atoms with E-state index in [1.165, 1.54) is 31.2 Å². The fourth-order valence-corrected chi connectivity index (χ4v) is 2.62. The molecule has 0 saturated carbocycles. The van der Waals surface area contributed by atoms with Crippen LogP contribution in [0.15, 0.2) is 30.3 Å². The Bertz CT molecular complexity index is 471. The molecule has 1 aliphatic rings. The van der Waals surface area contributed by atoms with Gasteiger partial charge in [-0.1, -0.05) is 62.4 Å². The van der Waals surface area contributed by atoms with Crippen LogP contribution in [0, 0.1) is 6.92 Å². The van der Waals surface area contributed by atoms with Crippen molar-refractivity contribution in [2.45, 2.75) is 58.5 Å². The minimum Gasteiger partial charge on any atom is -0.454 e. The van der Waals surface area contributed by atoms with Gasteiger partial charge in [-0.05, 0) is 25.3 Å². The average molecular weight is 272 g/mol. The van der Waals surface area contributed by atoms with Gasteiger partial charge in [-0.15, -0.1) is 0 Å². The van der Waals surface area contributed by atoms with Crippen LogP contribution in [0.2, 0.25) is 0 Å². The van der Waals surface area contributed by atoms with Crippen molar-refractivity contribution in [2.75, 3.05) is 0 Å². The number of aryl methyl sites for hydroxylation is 1. The van der Waals surface area contributed by atoms with Crippen LogP contribution in [-0.2, 0) is 9.53 Å². The molecule has 0 fully saturated rings. The van der Waals surface area contributed by atoms with Crippen LogP contribution in [0.5, 0.6) is 0 Å². The number of hydrogen-bond acceptors (Lipinski definition) is 2. The first-order valence-electron chi connectivity index (χ1n) is 7.70. The molecule has 0 spiro atoms. The van der Waals surface area contributed by atoms with Crippen molar-refractivity contribution in [3.8, 4) is 0 Å². The van der Waals surface area contributed by atoms with Gasteiger partial charge in [-0.3, -0.25) is 0 Å². The zero-order valence-electron chi connectivity index (χ0n) is 12.5. The molecule has 0 aliphatic carbocycles. The topological polar surface area (TPSA) is 26.3 Å². The Balaban J connectivity index is 1.94. The molecule has 2 rings (SSSR count). The van der Waals surface area contributed by atoms with E-state index in [4.69, 9.17) is 4.74 Å². The number of cyclic esters (lactones) is 1. The highest BCUT2D eigenvalue weighted by Crippen LogP contribution is 2.29.